The molecule has 2 aliphatic heterocycles. The Kier molecular flexibility index (Phi) is 3.46. The summed E-state index contributed by atoms with van der Waals surface area (Å²) in [4.78, 5) is 13.7. The molecule has 0 bridgehead atoms. The number of hydrogen-bond acceptors (Lipinski definition) is 3. The third kappa shape index (κ3) is 2.33. The van der Waals surface area contributed by atoms with Gasteiger partial charge >= 0.3 is 5.97 Å². The Morgan fingerprint density at radius 2 is 1.94 bits per heavy atom. The molecule has 0 aliphatic carbocycles. The first-order chi connectivity index (χ1) is 7.93. The van der Waals surface area contributed by atoms with Crippen LogP contribution in [-0.2, 0) is 9.53 Å². The quantitative estimate of drug-likeness (QED) is 0.802. The maximum atomic E-state index is 11.5. The van der Waals surface area contributed by atoms with Crippen LogP contribution in [0.15, 0.2) is 0 Å². The van der Waals surface area contributed by atoms with Crippen molar-refractivity contribution >= 4 is 5.97 Å². The van der Waals surface area contributed by atoms with Crippen molar-refractivity contribution in [1.29, 1.82) is 0 Å². The molecule has 2 heterocycles. The summed E-state index contributed by atoms with van der Waals surface area (Å²) in [6.45, 7) is 6.94. The molecular formula is C13H23NO3. The average Bonchev–Trinajstić information content (AvgIpc) is 2.60. The smallest absolute Gasteiger partial charge is 0.323 e. The molecule has 2 aliphatic rings. The van der Waals surface area contributed by atoms with E-state index in [0.717, 1.165) is 32.2 Å². The number of carboxylic acid groups (broad SMARTS) is 1. The standard InChI is InChI=1S/C13H23NO3/c1-9-7-11(8-10(2)17-9)14-6-4-5-13(14,3)12(15)16/h9-11H,4-8H2,1-3H3,(H,15,16). The maximum Gasteiger partial charge on any atom is 0.323 e. The van der Waals surface area contributed by atoms with Crippen LogP contribution in [0.5, 0.6) is 0 Å². The fraction of sp³-hybridized carbons (Fsp3) is 0.923. The van der Waals surface area contributed by atoms with Gasteiger partial charge in [-0.3, -0.25) is 9.69 Å². The number of ether oxygens (including phenoxy) is 1. The number of likely N-dealkylation sites (tertiary alicyclic amines) is 1. The number of carboxylic acids is 1. The first-order valence-electron chi connectivity index (χ1n) is 6.59. The lowest BCUT2D eigenvalue weighted by Crippen LogP contribution is -2.55. The van der Waals surface area contributed by atoms with E-state index >= 15 is 0 Å². The highest BCUT2D eigenvalue weighted by molar-refractivity contribution is 5.78. The normalized spacial score (nSPS) is 43.8. The molecule has 0 aromatic rings. The summed E-state index contributed by atoms with van der Waals surface area (Å²) in [6, 6.07) is 0.359. The van der Waals surface area contributed by atoms with Crippen molar-refractivity contribution < 1.29 is 14.6 Å². The predicted molar refractivity (Wildman–Crippen MR) is 65.0 cm³/mol. The molecule has 0 radical (unpaired) electrons. The van der Waals surface area contributed by atoms with Gasteiger partial charge in [0, 0.05) is 6.04 Å². The summed E-state index contributed by atoms with van der Waals surface area (Å²) in [5, 5.41) is 9.43. The number of carbonyl (C=O) groups is 1. The summed E-state index contributed by atoms with van der Waals surface area (Å²) in [7, 11) is 0. The van der Waals surface area contributed by atoms with Crippen molar-refractivity contribution in [3.63, 3.8) is 0 Å². The fourth-order valence-corrected chi connectivity index (χ4v) is 3.42. The minimum absolute atomic E-state index is 0.238. The Hall–Kier alpha value is -0.610. The predicted octanol–water partition coefficient (Wildman–Crippen LogP) is 1.88. The molecule has 17 heavy (non-hydrogen) atoms. The molecule has 0 aromatic carbocycles. The van der Waals surface area contributed by atoms with E-state index in [1.807, 2.05) is 6.92 Å². The van der Waals surface area contributed by atoms with E-state index < -0.39 is 11.5 Å². The van der Waals surface area contributed by atoms with Crippen LogP contribution in [0.2, 0.25) is 0 Å². The number of nitrogens with zero attached hydrogens (tertiary/aromatic N) is 1. The Morgan fingerprint density at radius 3 is 2.47 bits per heavy atom. The molecule has 4 nitrogen and oxygen atoms in total. The van der Waals surface area contributed by atoms with E-state index in [1.54, 1.807) is 0 Å². The zero-order valence-electron chi connectivity index (χ0n) is 11.0. The average molecular weight is 241 g/mol. The van der Waals surface area contributed by atoms with Crippen LogP contribution in [0.1, 0.15) is 46.5 Å². The molecule has 0 amide bonds. The Labute approximate surface area is 103 Å². The molecule has 2 rings (SSSR count). The van der Waals surface area contributed by atoms with E-state index in [4.69, 9.17) is 4.74 Å². The van der Waals surface area contributed by atoms with Gasteiger partial charge in [-0.25, -0.2) is 0 Å². The van der Waals surface area contributed by atoms with Crippen LogP contribution in [0.4, 0.5) is 0 Å². The van der Waals surface area contributed by atoms with E-state index in [0.29, 0.717) is 6.04 Å². The van der Waals surface area contributed by atoms with Gasteiger partial charge in [-0.2, -0.15) is 0 Å². The van der Waals surface area contributed by atoms with Gasteiger partial charge in [0.05, 0.1) is 12.2 Å². The second-order valence-corrected chi connectivity index (χ2v) is 5.76. The van der Waals surface area contributed by atoms with Crippen molar-refractivity contribution in [2.75, 3.05) is 6.54 Å². The summed E-state index contributed by atoms with van der Waals surface area (Å²) < 4.78 is 5.73. The molecule has 3 atom stereocenters. The van der Waals surface area contributed by atoms with Crippen LogP contribution in [-0.4, -0.2) is 46.3 Å². The van der Waals surface area contributed by atoms with Crippen LogP contribution in [0.3, 0.4) is 0 Å². The molecule has 0 saturated carbocycles. The lowest BCUT2D eigenvalue weighted by atomic mass is 9.92. The van der Waals surface area contributed by atoms with Gasteiger partial charge in [0.2, 0.25) is 0 Å². The molecule has 0 spiro atoms. The topological polar surface area (TPSA) is 49.8 Å². The van der Waals surface area contributed by atoms with E-state index in [-0.39, 0.29) is 12.2 Å². The summed E-state index contributed by atoms with van der Waals surface area (Å²) in [6.07, 6.45) is 4.14. The molecule has 0 aromatic heterocycles. The van der Waals surface area contributed by atoms with E-state index in [2.05, 4.69) is 18.7 Å². The van der Waals surface area contributed by atoms with Crippen LogP contribution < -0.4 is 0 Å². The number of aliphatic carboxylic acids is 1. The highest BCUT2D eigenvalue weighted by atomic mass is 16.5. The third-order valence-corrected chi connectivity index (χ3v) is 4.27. The molecule has 98 valence electrons. The molecule has 2 fully saturated rings. The Balaban J connectivity index is 2.13. The van der Waals surface area contributed by atoms with Gasteiger partial charge in [0.1, 0.15) is 5.54 Å². The van der Waals surface area contributed by atoms with Crippen molar-refractivity contribution in [2.24, 2.45) is 0 Å². The largest absolute Gasteiger partial charge is 0.480 e. The zero-order valence-corrected chi connectivity index (χ0v) is 11.0. The molecule has 1 N–H and O–H groups in total. The highest BCUT2D eigenvalue weighted by Crippen LogP contribution is 2.36. The fourth-order valence-electron chi connectivity index (χ4n) is 3.42. The first-order valence-corrected chi connectivity index (χ1v) is 6.59. The van der Waals surface area contributed by atoms with Gasteiger partial charge in [-0.15, -0.1) is 0 Å². The first kappa shape index (κ1) is 12.8. The SMILES string of the molecule is CC1CC(N2CCCC2(C)C(=O)O)CC(C)O1. The second kappa shape index (κ2) is 4.58. The molecule has 2 saturated heterocycles. The minimum atomic E-state index is -0.679. The minimum Gasteiger partial charge on any atom is -0.480 e. The van der Waals surface area contributed by atoms with E-state index in [1.165, 1.54) is 0 Å². The lowest BCUT2D eigenvalue weighted by Gasteiger charge is -2.43. The second-order valence-electron chi connectivity index (χ2n) is 5.76. The molecule has 3 unspecified atom stereocenters. The van der Waals surface area contributed by atoms with Gasteiger partial charge in [-0.05, 0) is 53.0 Å². The number of rotatable bonds is 2. The van der Waals surface area contributed by atoms with Crippen molar-refractivity contribution in [3.8, 4) is 0 Å². The van der Waals surface area contributed by atoms with Gasteiger partial charge in [-0.1, -0.05) is 0 Å². The molecular weight excluding hydrogens is 218 g/mol. The number of hydrogen-bond donors (Lipinski definition) is 1. The summed E-state index contributed by atoms with van der Waals surface area (Å²) in [5.41, 5.74) is -0.665. The third-order valence-electron chi connectivity index (χ3n) is 4.27. The molecule has 4 heteroatoms. The Morgan fingerprint density at radius 1 is 1.35 bits per heavy atom. The summed E-state index contributed by atoms with van der Waals surface area (Å²) in [5.74, 6) is -0.679. The summed E-state index contributed by atoms with van der Waals surface area (Å²) >= 11 is 0. The van der Waals surface area contributed by atoms with Gasteiger partial charge < -0.3 is 9.84 Å². The monoisotopic (exact) mass is 241 g/mol. The van der Waals surface area contributed by atoms with Gasteiger partial charge in [0.15, 0.2) is 0 Å². The van der Waals surface area contributed by atoms with Crippen LogP contribution in [0.25, 0.3) is 0 Å². The Bertz CT molecular complexity index is 297. The van der Waals surface area contributed by atoms with Crippen molar-refractivity contribution in [3.05, 3.63) is 0 Å². The zero-order chi connectivity index (χ0) is 12.6. The highest BCUT2D eigenvalue weighted by Gasteiger charge is 2.47. The van der Waals surface area contributed by atoms with Crippen molar-refractivity contribution in [1.82, 2.24) is 4.90 Å². The van der Waals surface area contributed by atoms with Crippen molar-refractivity contribution in [2.45, 2.75) is 70.2 Å². The lowest BCUT2D eigenvalue weighted by molar-refractivity contribution is -0.153. The van der Waals surface area contributed by atoms with E-state index in [9.17, 15) is 9.90 Å². The maximum absolute atomic E-state index is 11.5. The van der Waals surface area contributed by atoms with Crippen LogP contribution >= 0.6 is 0 Å². The van der Waals surface area contributed by atoms with Crippen LogP contribution in [0, 0.1) is 0 Å². The van der Waals surface area contributed by atoms with Gasteiger partial charge in [0.25, 0.3) is 0 Å².